The largest absolute Gasteiger partial charge is 0.280 e. The topological polar surface area (TPSA) is 12.4 Å². The van der Waals surface area contributed by atoms with E-state index in [4.69, 9.17) is 4.99 Å². The molecule has 0 saturated carbocycles. The van der Waals surface area contributed by atoms with Crippen molar-refractivity contribution in [1.82, 2.24) is 0 Å². The molecule has 0 aliphatic heterocycles. The first-order valence-corrected chi connectivity index (χ1v) is 8.78. The second kappa shape index (κ2) is 7.48. The molecule has 25 heavy (non-hydrogen) atoms. The van der Waals surface area contributed by atoms with Crippen molar-refractivity contribution in [3.8, 4) is 0 Å². The first-order valence-electron chi connectivity index (χ1n) is 8.78. The molecule has 0 amide bonds. The van der Waals surface area contributed by atoms with Gasteiger partial charge in [-0.2, -0.15) is 0 Å². The molecular weight excluding hydrogens is 302 g/mol. The van der Waals surface area contributed by atoms with Gasteiger partial charge in [0.05, 0.1) is 6.04 Å². The van der Waals surface area contributed by atoms with Gasteiger partial charge in [-0.1, -0.05) is 106 Å². The number of benzene rings is 3. The van der Waals surface area contributed by atoms with Gasteiger partial charge in [-0.25, -0.2) is 0 Å². The number of nitrogens with zero attached hydrogens (tertiary/aromatic N) is 1. The van der Waals surface area contributed by atoms with Gasteiger partial charge in [-0.3, -0.25) is 4.99 Å². The van der Waals surface area contributed by atoms with Crippen molar-refractivity contribution in [2.24, 2.45) is 4.99 Å². The summed E-state index contributed by atoms with van der Waals surface area (Å²) in [7, 11) is 0. The minimum atomic E-state index is 0.0182. The van der Waals surface area contributed by atoms with Gasteiger partial charge in [0.15, 0.2) is 0 Å². The lowest BCUT2D eigenvalue weighted by Gasteiger charge is -2.18. The summed E-state index contributed by atoms with van der Waals surface area (Å²) in [5, 5.41) is 0. The number of hydrogen-bond acceptors (Lipinski definition) is 1. The third-order valence-corrected chi connectivity index (χ3v) is 4.38. The van der Waals surface area contributed by atoms with E-state index < -0.39 is 0 Å². The lowest BCUT2D eigenvalue weighted by molar-refractivity contribution is 0.590. The van der Waals surface area contributed by atoms with Crippen LogP contribution in [0.3, 0.4) is 0 Å². The number of aliphatic imine (C=N–C) groups is 1. The van der Waals surface area contributed by atoms with Crippen LogP contribution in [0.15, 0.2) is 89.9 Å². The Bertz CT molecular complexity index is 770. The summed E-state index contributed by atoms with van der Waals surface area (Å²) in [6.07, 6.45) is 1.98. The SMILES string of the molecule is CC(C)(C)c1ccc(C=NC(c2ccccc2)c2ccccc2)cc1. The van der Waals surface area contributed by atoms with Crippen molar-refractivity contribution >= 4 is 6.21 Å². The summed E-state index contributed by atoms with van der Waals surface area (Å²) in [4.78, 5) is 4.90. The Balaban J connectivity index is 1.89. The van der Waals surface area contributed by atoms with Crippen LogP contribution in [0.1, 0.15) is 49.1 Å². The Hall–Kier alpha value is -2.67. The predicted octanol–water partition coefficient (Wildman–Crippen LogP) is 6.19. The molecule has 0 spiro atoms. The van der Waals surface area contributed by atoms with E-state index in [1.807, 2.05) is 18.3 Å². The molecule has 0 aromatic heterocycles. The smallest absolute Gasteiger partial charge is 0.0999 e. The van der Waals surface area contributed by atoms with Crippen molar-refractivity contribution in [3.63, 3.8) is 0 Å². The van der Waals surface area contributed by atoms with Gasteiger partial charge >= 0.3 is 0 Å². The molecule has 0 radical (unpaired) electrons. The lowest BCUT2D eigenvalue weighted by atomic mass is 9.87. The minimum absolute atomic E-state index is 0.0182. The molecule has 0 atom stereocenters. The van der Waals surface area contributed by atoms with Crippen molar-refractivity contribution in [3.05, 3.63) is 107 Å². The van der Waals surface area contributed by atoms with Crippen LogP contribution in [-0.2, 0) is 5.41 Å². The van der Waals surface area contributed by atoms with E-state index in [2.05, 4.69) is 93.6 Å². The summed E-state index contributed by atoms with van der Waals surface area (Å²) in [5.74, 6) is 0. The minimum Gasteiger partial charge on any atom is -0.280 e. The predicted molar refractivity (Wildman–Crippen MR) is 107 cm³/mol. The van der Waals surface area contributed by atoms with Crippen molar-refractivity contribution in [2.45, 2.75) is 32.2 Å². The molecule has 0 aliphatic carbocycles. The zero-order valence-electron chi connectivity index (χ0n) is 15.2. The lowest BCUT2D eigenvalue weighted by Crippen LogP contribution is -2.10. The molecule has 0 fully saturated rings. The van der Waals surface area contributed by atoms with E-state index in [-0.39, 0.29) is 11.5 Å². The van der Waals surface area contributed by atoms with E-state index in [0.29, 0.717) is 0 Å². The molecular formula is C24H25N. The molecule has 0 saturated heterocycles. The highest BCUT2D eigenvalue weighted by molar-refractivity contribution is 5.80. The van der Waals surface area contributed by atoms with Crippen LogP contribution < -0.4 is 0 Å². The Morgan fingerprint density at radius 2 is 1.16 bits per heavy atom. The highest BCUT2D eigenvalue weighted by Gasteiger charge is 2.13. The third-order valence-electron chi connectivity index (χ3n) is 4.38. The molecule has 0 heterocycles. The molecule has 3 aromatic carbocycles. The Morgan fingerprint density at radius 3 is 1.60 bits per heavy atom. The molecule has 0 N–H and O–H groups in total. The van der Waals surface area contributed by atoms with E-state index >= 15 is 0 Å². The standard InChI is InChI=1S/C24H25N/c1-24(2,3)22-16-14-19(15-17-22)18-25-23(20-10-6-4-7-11-20)21-12-8-5-9-13-21/h4-18,23H,1-3H3. The van der Waals surface area contributed by atoms with E-state index in [9.17, 15) is 0 Å². The van der Waals surface area contributed by atoms with Gasteiger partial charge in [-0.05, 0) is 27.7 Å². The average molecular weight is 327 g/mol. The summed E-state index contributed by atoms with van der Waals surface area (Å²) in [6.45, 7) is 6.70. The van der Waals surface area contributed by atoms with E-state index in [1.165, 1.54) is 16.7 Å². The summed E-state index contributed by atoms with van der Waals surface area (Å²) in [5.41, 5.74) is 5.05. The fourth-order valence-corrected chi connectivity index (χ4v) is 2.87. The highest BCUT2D eigenvalue weighted by atomic mass is 14.8. The average Bonchev–Trinajstić information content (AvgIpc) is 2.63. The zero-order chi connectivity index (χ0) is 17.7. The molecule has 3 rings (SSSR count). The molecule has 1 nitrogen and oxygen atoms in total. The first kappa shape index (κ1) is 17.2. The van der Waals surface area contributed by atoms with Crippen LogP contribution >= 0.6 is 0 Å². The van der Waals surface area contributed by atoms with Crippen LogP contribution in [0, 0.1) is 0 Å². The summed E-state index contributed by atoms with van der Waals surface area (Å²) >= 11 is 0. The van der Waals surface area contributed by atoms with Gasteiger partial charge in [0.1, 0.15) is 0 Å². The number of rotatable bonds is 4. The monoisotopic (exact) mass is 327 g/mol. The van der Waals surface area contributed by atoms with Crippen molar-refractivity contribution in [2.75, 3.05) is 0 Å². The molecule has 3 aromatic rings. The van der Waals surface area contributed by atoms with Crippen LogP contribution in [0.2, 0.25) is 0 Å². The van der Waals surface area contributed by atoms with Gasteiger partial charge in [0, 0.05) is 6.21 Å². The maximum Gasteiger partial charge on any atom is 0.0999 e. The number of hydrogen-bond donors (Lipinski definition) is 0. The Kier molecular flexibility index (Phi) is 5.14. The first-order chi connectivity index (χ1) is 12.0. The van der Waals surface area contributed by atoms with Gasteiger partial charge < -0.3 is 0 Å². The van der Waals surface area contributed by atoms with E-state index in [1.54, 1.807) is 0 Å². The molecule has 0 bridgehead atoms. The Labute approximate surface area is 151 Å². The van der Waals surface area contributed by atoms with Crippen molar-refractivity contribution < 1.29 is 0 Å². The van der Waals surface area contributed by atoms with E-state index in [0.717, 1.165) is 5.56 Å². The second-order valence-electron chi connectivity index (χ2n) is 7.37. The quantitative estimate of drug-likeness (QED) is 0.506. The van der Waals surface area contributed by atoms with Gasteiger partial charge in [0.25, 0.3) is 0 Å². The van der Waals surface area contributed by atoms with Crippen LogP contribution in [0.25, 0.3) is 0 Å². The Morgan fingerprint density at radius 1 is 0.680 bits per heavy atom. The molecule has 0 unspecified atom stereocenters. The molecule has 1 heteroatoms. The molecule has 0 aliphatic rings. The van der Waals surface area contributed by atoms with Gasteiger partial charge in [-0.15, -0.1) is 0 Å². The third kappa shape index (κ3) is 4.45. The second-order valence-corrected chi connectivity index (χ2v) is 7.37. The van der Waals surface area contributed by atoms with Crippen LogP contribution in [0.4, 0.5) is 0 Å². The molecule has 126 valence electrons. The zero-order valence-corrected chi connectivity index (χ0v) is 15.2. The fourth-order valence-electron chi connectivity index (χ4n) is 2.87. The maximum absolute atomic E-state index is 4.90. The highest BCUT2D eigenvalue weighted by Crippen LogP contribution is 2.26. The summed E-state index contributed by atoms with van der Waals surface area (Å²) in [6, 6.07) is 29.6. The van der Waals surface area contributed by atoms with Gasteiger partial charge in [0.2, 0.25) is 0 Å². The normalized spacial score (nSPS) is 12.0. The van der Waals surface area contributed by atoms with Crippen molar-refractivity contribution in [1.29, 1.82) is 0 Å². The summed E-state index contributed by atoms with van der Waals surface area (Å²) < 4.78 is 0. The van der Waals surface area contributed by atoms with Crippen LogP contribution in [-0.4, -0.2) is 6.21 Å². The maximum atomic E-state index is 4.90. The fraction of sp³-hybridized carbons (Fsp3) is 0.208. The van der Waals surface area contributed by atoms with Crippen LogP contribution in [0.5, 0.6) is 0 Å².